The van der Waals surface area contributed by atoms with Crippen molar-refractivity contribution in [2.24, 2.45) is 0 Å². The maximum Gasteiger partial charge on any atom is 0.410 e. The summed E-state index contributed by atoms with van der Waals surface area (Å²) in [5.74, 6) is 0.0651. The first-order chi connectivity index (χ1) is 12.2. The Kier molecular flexibility index (Phi) is 5.03. The number of phenolic OH excluding ortho intramolecular Hbond substituents is 1. The molecule has 8 heteroatoms. The molecular weight excluding hydrogens is 360 g/mol. The number of hydrogen-bond donors (Lipinski definition) is 2. The topological polar surface area (TPSA) is 88.1 Å². The van der Waals surface area contributed by atoms with Gasteiger partial charge in [-0.2, -0.15) is 0 Å². The van der Waals surface area contributed by atoms with E-state index in [1.807, 2.05) is 20.8 Å². The lowest BCUT2D eigenvalue weighted by Crippen LogP contribution is -2.55. The van der Waals surface area contributed by atoms with Crippen LogP contribution in [0.1, 0.15) is 36.7 Å². The number of benzene rings is 1. The summed E-state index contributed by atoms with van der Waals surface area (Å²) in [5.41, 5.74) is 0.220. The van der Waals surface area contributed by atoms with Crippen molar-refractivity contribution in [2.75, 3.05) is 26.2 Å². The number of carbonyl (C=O) groups excluding carboxylic acids is 2. The van der Waals surface area contributed by atoms with Crippen LogP contribution >= 0.6 is 11.6 Å². The third-order valence-corrected chi connectivity index (χ3v) is 4.66. The monoisotopic (exact) mass is 382 g/mol. The number of aromatic hydroxyl groups is 1. The molecule has 1 unspecified atom stereocenters. The predicted octanol–water partition coefficient (Wildman–Crippen LogP) is 2.37. The number of halogens is 1. The van der Waals surface area contributed by atoms with Crippen LogP contribution in [-0.2, 0) is 11.2 Å². The summed E-state index contributed by atoms with van der Waals surface area (Å²) in [7, 11) is 0. The van der Waals surface area contributed by atoms with E-state index in [1.54, 1.807) is 4.90 Å². The summed E-state index contributed by atoms with van der Waals surface area (Å²) >= 11 is 6.09. The fourth-order valence-corrected chi connectivity index (χ4v) is 3.41. The molecule has 0 radical (unpaired) electrons. The third-order valence-electron chi connectivity index (χ3n) is 4.37. The van der Waals surface area contributed by atoms with Crippen molar-refractivity contribution in [3.8, 4) is 11.5 Å². The molecule has 7 nitrogen and oxygen atoms in total. The fraction of sp³-hybridized carbons (Fsp3) is 0.556. The van der Waals surface area contributed by atoms with Crippen molar-refractivity contribution >= 4 is 23.5 Å². The number of fused-ring (bicyclic) bond motifs is 1. The molecule has 2 aliphatic rings. The lowest BCUT2D eigenvalue weighted by molar-refractivity contribution is 0.0120. The predicted molar refractivity (Wildman–Crippen MR) is 96.2 cm³/mol. The zero-order valence-electron chi connectivity index (χ0n) is 15.1. The Morgan fingerprint density at radius 3 is 2.92 bits per heavy atom. The molecule has 0 spiro atoms. The number of amides is 1. The van der Waals surface area contributed by atoms with Crippen LogP contribution in [0, 0.1) is 0 Å². The Morgan fingerprint density at radius 2 is 2.23 bits per heavy atom. The van der Waals surface area contributed by atoms with E-state index in [9.17, 15) is 14.7 Å². The maximum atomic E-state index is 12.6. The first kappa shape index (κ1) is 18.8. The van der Waals surface area contributed by atoms with Crippen molar-refractivity contribution < 1.29 is 24.2 Å². The number of nitrogens with zero attached hydrogens (tertiary/aromatic N) is 1. The second-order valence-corrected chi connectivity index (χ2v) is 7.92. The van der Waals surface area contributed by atoms with Crippen LogP contribution in [0.25, 0.3) is 0 Å². The number of ketones is 1. The van der Waals surface area contributed by atoms with E-state index in [0.717, 1.165) is 0 Å². The molecule has 1 aromatic rings. The molecule has 2 heterocycles. The molecule has 3 rings (SSSR count). The number of piperazine rings is 1. The summed E-state index contributed by atoms with van der Waals surface area (Å²) < 4.78 is 11.0. The van der Waals surface area contributed by atoms with Crippen LogP contribution in [0.4, 0.5) is 4.79 Å². The Hall–Kier alpha value is -1.99. The maximum absolute atomic E-state index is 12.6. The van der Waals surface area contributed by atoms with E-state index in [1.165, 1.54) is 6.07 Å². The molecule has 142 valence electrons. The molecule has 1 aromatic carbocycles. The Morgan fingerprint density at radius 1 is 1.50 bits per heavy atom. The van der Waals surface area contributed by atoms with Crippen molar-refractivity contribution in [1.82, 2.24) is 10.2 Å². The lowest BCUT2D eigenvalue weighted by Gasteiger charge is -2.37. The second-order valence-electron chi connectivity index (χ2n) is 7.51. The van der Waals surface area contributed by atoms with Crippen LogP contribution in [0.5, 0.6) is 11.5 Å². The first-order valence-electron chi connectivity index (χ1n) is 8.58. The van der Waals surface area contributed by atoms with Gasteiger partial charge in [0.25, 0.3) is 0 Å². The minimum atomic E-state index is -0.596. The number of carbonyl (C=O) groups is 2. The van der Waals surface area contributed by atoms with Gasteiger partial charge < -0.3 is 24.8 Å². The largest absolute Gasteiger partial charge is 0.506 e. The number of nitrogens with one attached hydrogen (secondary N) is 1. The summed E-state index contributed by atoms with van der Waals surface area (Å²) in [4.78, 5) is 26.1. The van der Waals surface area contributed by atoms with Crippen LogP contribution in [0.2, 0.25) is 5.02 Å². The van der Waals surface area contributed by atoms with E-state index in [0.29, 0.717) is 42.9 Å². The number of ether oxygens (including phenoxy) is 2. The number of Topliss-reactive ketones (excluding diaryl/α,β-unsaturated/α-hetero) is 1. The minimum absolute atomic E-state index is 0.0686. The van der Waals surface area contributed by atoms with Crippen LogP contribution in [0.3, 0.4) is 0 Å². The van der Waals surface area contributed by atoms with Gasteiger partial charge in [0.1, 0.15) is 17.1 Å². The average molecular weight is 383 g/mol. The molecule has 0 aliphatic carbocycles. The van der Waals surface area contributed by atoms with Crippen LogP contribution in [-0.4, -0.2) is 59.8 Å². The zero-order valence-corrected chi connectivity index (χ0v) is 15.9. The highest BCUT2D eigenvalue weighted by atomic mass is 35.5. The second kappa shape index (κ2) is 6.96. The molecule has 1 atom stereocenters. The van der Waals surface area contributed by atoms with Gasteiger partial charge in [-0.3, -0.25) is 4.79 Å². The first-order valence-corrected chi connectivity index (χ1v) is 8.96. The van der Waals surface area contributed by atoms with E-state index in [2.05, 4.69) is 5.32 Å². The van der Waals surface area contributed by atoms with Crippen molar-refractivity contribution in [3.05, 3.63) is 22.2 Å². The molecule has 2 N–H and O–H groups in total. The van der Waals surface area contributed by atoms with Gasteiger partial charge in [0.15, 0.2) is 6.61 Å². The van der Waals surface area contributed by atoms with Gasteiger partial charge in [-0.15, -0.1) is 0 Å². The molecule has 1 amide bonds. The Bertz CT molecular complexity index is 744. The highest BCUT2D eigenvalue weighted by Crippen LogP contribution is 2.41. The van der Waals surface area contributed by atoms with E-state index in [4.69, 9.17) is 21.1 Å². The Balaban J connectivity index is 1.88. The standard InChI is InChI=1S/C18H23ClN2O5/c1-18(2,3)26-17(24)21-5-4-20-8-10(21)6-12-15(23)13(19)7-11-14(22)9-25-16(11)12/h7,10,20,23H,4-6,8-9H2,1-3H3. The molecular formula is C18H23ClN2O5. The zero-order chi connectivity index (χ0) is 19.1. The van der Waals surface area contributed by atoms with Crippen LogP contribution < -0.4 is 10.1 Å². The normalized spacial score (nSPS) is 19.9. The van der Waals surface area contributed by atoms with Gasteiger partial charge in [0.2, 0.25) is 5.78 Å². The van der Waals surface area contributed by atoms with Gasteiger partial charge >= 0.3 is 6.09 Å². The molecule has 2 aliphatic heterocycles. The smallest absolute Gasteiger partial charge is 0.410 e. The number of rotatable bonds is 2. The minimum Gasteiger partial charge on any atom is -0.506 e. The van der Waals surface area contributed by atoms with Crippen molar-refractivity contribution in [3.63, 3.8) is 0 Å². The molecule has 0 bridgehead atoms. The van der Waals surface area contributed by atoms with E-state index in [-0.39, 0.29) is 29.2 Å². The highest BCUT2D eigenvalue weighted by molar-refractivity contribution is 6.32. The summed E-state index contributed by atoms with van der Waals surface area (Å²) in [6.45, 7) is 7.06. The summed E-state index contributed by atoms with van der Waals surface area (Å²) in [6, 6.07) is 1.17. The lowest BCUT2D eigenvalue weighted by atomic mass is 9.98. The molecule has 0 aromatic heterocycles. The summed E-state index contributed by atoms with van der Waals surface area (Å²) in [5, 5.41) is 13.8. The van der Waals surface area contributed by atoms with E-state index >= 15 is 0 Å². The summed E-state index contributed by atoms with van der Waals surface area (Å²) in [6.07, 6.45) is -0.104. The fourth-order valence-electron chi connectivity index (χ4n) is 3.19. The van der Waals surface area contributed by atoms with Crippen molar-refractivity contribution in [1.29, 1.82) is 0 Å². The molecule has 0 saturated carbocycles. The van der Waals surface area contributed by atoms with Gasteiger partial charge in [0.05, 0.1) is 16.6 Å². The molecule has 1 saturated heterocycles. The quantitative estimate of drug-likeness (QED) is 0.816. The SMILES string of the molecule is CC(C)(C)OC(=O)N1CCNCC1Cc1c(O)c(Cl)cc2c1OCC2=O. The Labute approximate surface area is 157 Å². The molecule has 26 heavy (non-hydrogen) atoms. The van der Waals surface area contributed by atoms with Crippen LogP contribution in [0.15, 0.2) is 6.07 Å². The average Bonchev–Trinajstić information content (AvgIpc) is 2.91. The highest BCUT2D eigenvalue weighted by Gasteiger charge is 2.34. The number of phenols is 1. The van der Waals surface area contributed by atoms with Crippen molar-refractivity contribution in [2.45, 2.75) is 38.8 Å². The van der Waals surface area contributed by atoms with E-state index < -0.39 is 11.7 Å². The van der Waals surface area contributed by atoms with Gasteiger partial charge in [-0.05, 0) is 26.8 Å². The third kappa shape index (κ3) is 3.73. The van der Waals surface area contributed by atoms with Gasteiger partial charge in [-0.1, -0.05) is 11.6 Å². The number of hydrogen-bond acceptors (Lipinski definition) is 6. The van der Waals surface area contributed by atoms with Gasteiger partial charge in [-0.25, -0.2) is 4.79 Å². The van der Waals surface area contributed by atoms with Gasteiger partial charge in [0, 0.05) is 31.6 Å². The molecule has 1 fully saturated rings.